The van der Waals surface area contributed by atoms with Crippen molar-refractivity contribution in [3.63, 3.8) is 0 Å². The molecule has 1 aromatic rings. The Kier molecular flexibility index (Phi) is 4.43. The lowest BCUT2D eigenvalue weighted by molar-refractivity contribution is 0.0392. The number of thiocarbonyl (C=S) groups is 1. The molecule has 1 aliphatic rings. The first-order valence-electron chi connectivity index (χ1n) is 6.34. The van der Waals surface area contributed by atoms with Crippen LogP contribution in [0.2, 0.25) is 0 Å². The fraction of sp³-hybridized carbons (Fsp3) is 0.462. The summed E-state index contributed by atoms with van der Waals surface area (Å²) in [5.41, 5.74) is 6.88. The van der Waals surface area contributed by atoms with Gasteiger partial charge in [-0.15, -0.1) is 0 Å². The lowest BCUT2D eigenvalue weighted by Gasteiger charge is -2.32. The number of hydrogen-bond acceptors (Lipinski definition) is 4. The van der Waals surface area contributed by atoms with E-state index in [1.807, 2.05) is 6.92 Å². The van der Waals surface area contributed by atoms with Gasteiger partial charge >= 0.3 is 0 Å². The minimum atomic E-state index is -3.52. The Hall–Kier alpha value is -1.02. The molecule has 110 valence electrons. The van der Waals surface area contributed by atoms with Crippen LogP contribution in [-0.2, 0) is 14.8 Å². The lowest BCUT2D eigenvalue weighted by Crippen LogP contribution is -2.47. The third kappa shape index (κ3) is 2.85. The number of ether oxygens (including phenoxy) is 1. The van der Waals surface area contributed by atoms with Crippen molar-refractivity contribution in [3.8, 4) is 0 Å². The number of sulfonamides is 1. The quantitative estimate of drug-likeness (QED) is 0.844. The maximum atomic E-state index is 12.7. The number of morpholine rings is 1. The predicted octanol–water partition coefficient (Wildman–Crippen LogP) is 1.04. The van der Waals surface area contributed by atoms with Gasteiger partial charge in [0, 0.05) is 18.2 Å². The van der Waals surface area contributed by atoms with Crippen LogP contribution >= 0.6 is 12.2 Å². The largest absolute Gasteiger partial charge is 0.389 e. The molecule has 2 N–H and O–H groups in total. The summed E-state index contributed by atoms with van der Waals surface area (Å²) in [6, 6.07) is 4.76. The van der Waals surface area contributed by atoms with Crippen molar-refractivity contribution < 1.29 is 13.2 Å². The Bertz CT molecular complexity index is 629. The SMILES string of the molecule is Cc1cc(C(N)=S)ccc1S(=O)(=O)N1CCOCC1C. The van der Waals surface area contributed by atoms with E-state index in [4.69, 9.17) is 22.7 Å². The molecule has 2 rings (SSSR count). The van der Waals surface area contributed by atoms with Gasteiger partial charge in [-0.05, 0) is 31.5 Å². The summed E-state index contributed by atoms with van der Waals surface area (Å²) in [5.74, 6) is 0. The number of rotatable bonds is 3. The van der Waals surface area contributed by atoms with Gasteiger partial charge in [-0.25, -0.2) is 8.42 Å². The van der Waals surface area contributed by atoms with E-state index in [9.17, 15) is 8.42 Å². The van der Waals surface area contributed by atoms with Crippen molar-refractivity contribution >= 4 is 27.2 Å². The average Bonchev–Trinajstić information content (AvgIpc) is 2.38. The molecule has 1 aromatic carbocycles. The van der Waals surface area contributed by atoms with Crippen LogP contribution < -0.4 is 5.73 Å². The molecule has 0 spiro atoms. The van der Waals surface area contributed by atoms with Crippen molar-refractivity contribution in [2.75, 3.05) is 19.8 Å². The highest BCUT2D eigenvalue weighted by Crippen LogP contribution is 2.24. The standard InChI is InChI=1S/C13H18N2O3S2/c1-9-7-11(13(14)19)3-4-12(9)20(16,17)15-5-6-18-8-10(15)2/h3-4,7,10H,5-6,8H2,1-2H3,(H2,14,19). The third-order valence-electron chi connectivity index (χ3n) is 3.35. The average molecular weight is 314 g/mol. The van der Waals surface area contributed by atoms with Crippen LogP contribution in [0, 0.1) is 6.92 Å². The molecule has 1 fully saturated rings. The fourth-order valence-electron chi connectivity index (χ4n) is 2.29. The second kappa shape index (κ2) is 5.77. The molecule has 0 aliphatic carbocycles. The maximum absolute atomic E-state index is 12.7. The molecular formula is C13H18N2O3S2. The highest BCUT2D eigenvalue weighted by atomic mass is 32.2. The molecule has 20 heavy (non-hydrogen) atoms. The summed E-state index contributed by atoms with van der Waals surface area (Å²) in [7, 11) is -3.52. The van der Waals surface area contributed by atoms with Gasteiger partial charge < -0.3 is 10.5 Å². The van der Waals surface area contributed by atoms with Crippen LogP contribution in [-0.4, -0.2) is 43.5 Å². The zero-order valence-corrected chi connectivity index (χ0v) is 13.1. The molecule has 0 bridgehead atoms. The molecular weight excluding hydrogens is 296 g/mol. The van der Waals surface area contributed by atoms with Crippen LogP contribution in [0.4, 0.5) is 0 Å². The first kappa shape index (κ1) is 15.4. The Morgan fingerprint density at radius 2 is 2.20 bits per heavy atom. The number of nitrogens with two attached hydrogens (primary N) is 1. The molecule has 1 aliphatic heterocycles. The van der Waals surface area contributed by atoms with E-state index < -0.39 is 10.0 Å². The Morgan fingerprint density at radius 1 is 1.50 bits per heavy atom. The van der Waals surface area contributed by atoms with Crippen molar-refractivity contribution in [3.05, 3.63) is 29.3 Å². The van der Waals surface area contributed by atoms with Crippen molar-refractivity contribution in [2.24, 2.45) is 5.73 Å². The van der Waals surface area contributed by atoms with Crippen LogP contribution in [0.15, 0.2) is 23.1 Å². The van der Waals surface area contributed by atoms with E-state index in [0.717, 1.165) is 0 Å². The van der Waals surface area contributed by atoms with Crippen molar-refractivity contribution in [1.29, 1.82) is 0 Å². The van der Waals surface area contributed by atoms with Gasteiger partial charge in [0.15, 0.2) is 0 Å². The van der Waals surface area contributed by atoms with Gasteiger partial charge in [-0.3, -0.25) is 0 Å². The van der Waals surface area contributed by atoms with Crippen molar-refractivity contribution in [2.45, 2.75) is 24.8 Å². The topological polar surface area (TPSA) is 72.6 Å². The van der Waals surface area contributed by atoms with Gasteiger partial charge in [-0.1, -0.05) is 18.3 Å². The molecule has 0 radical (unpaired) electrons. The predicted molar refractivity (Wildman–Crippen MR) is 81.2 cm³/mol. The Morgan fingerprint density at radius 3 is 2.75 bits per heavy atom. The van der Waals surface area contributed by atoms with E-state index in [0.29, 0.717) is 35.8 Å². The zero-order valence-electron chi connectivity index (χ0n) is 11.5. The summed E-state index contributed by atoms with van der Waals surface area (Å²) in [5, 5.41) is 0. The monoisotopic (exact) mass is 314 g/mol. The molecule has 0 amide bonds. The maximum Gasteiger partial charge on any atom is 0.243 e. The first-order valence-corrected chi connectivity index (χ1v) is 8.19. The number of aryl methyl sites for hydroxylation is 1. The molecule has 7 heteroatoms. The van der Waals surface area contributed by atoms with E-state index in [2.05, 4.69) is 0 Å². The molecule has 0 saturated carbocycles. The first-order chi connectivity index (χ1) is 9.34. The summed E-state index contributed by atoms with van der Waals surface area (Å²) >= 11 is 4.90. The number of benzene rings is 1. The molecule has 1 unspecified atom stereocenters. The normalized spacial score (nSPS) is 20.8. The van der Waals surface area contributed by atoms with Crippen molar-refractivity contribution in [1.82, 2.24) is 4.31 Å². The smallest absolute Gasteiger partial charge is 0.243 e. The Labute approximate surface area is 124 Å². The molecule has 1 heterocycles. The highest BCUT2D eigenvalue weighted by Gasteiger charge is 2.32. The zero-order chi connectivity index (χ0) is 14.9. The van der Waals surface area contributed by atoms with Crippen LogP contribution in [0.5, 0.6) is 0 Å². The van der Waals surface area contributed by atoms with Gasteiger partial charge in [0.2, 0.25) is 10.0 Å². The second-order valence-corrected chi connectivity index (χ2v) is 7.18. The van der Waals surface area contributed by atoms with Gasteiger partial charge in [-0.2, -0.15) is 4.31 Å². The molecule has 5 nitrogen and oxygen atoms in total. The van der Waals surface area contributed by atoms with E-state index in [1.165, 1.54) is 4.31 Å². The second-order valence-electron chi connectivity index (χ2n) is 4.88. The van der Waals surface area contributed by atoms with Crippen LogP contribution in [0.25, 0.3) is 0 Å². The third-order valence-corrected chi connectivity index (χ3v) is 5.76. The van der Waals surface area contributed by atoms with Gasteiger partial charge in [0.05, 0.1) is 18.1 Å². The summed E-state index contributed by atoms with van der Waals surface area (Å²) in [4.78, 5) is 0.558. The molecule has 1 atom stereocenters. The van der Waals surface area contributed by atoms with Crippen LogP contribution in [0.1, 0.15) is 18.1 Å². The van der Waals surface area contributed by atoms with E-state index >= 15 is 0 Å². The van der Waals surface area contributed by atoms with E-state index in [-0.39, 0.29) is 11.0 Å². The van der Waals surface area contributed by atoms with Gasteiger partial charge in [0.25, 0.3) is 0 Å². The number of nitrogens with zero attached hydrogens (tertiary/aromatic N) is 1. The summed E-state index contributed by atoms with van der Waals surface area (Å²) in [6.07, 6.45) is 0. The number of hydrogen-bond donors (Lipinski definition) is 1. The van der Waals surface area contributed by atoms with Crippen LogP contribution in [0.3, 0.4) is 0 Å². The summed E-state index contributed by atoms with van der Waals surface area (Å²) < 4.78 is 32.2. The van der Waals surface area contributed by atoms with Gasteiger partial charge in [0.1, 0.15) is 4.99 Å². The highest BCUT2D eigenvalue weighted by molar-refractivity contribution is 7.89. The molecule has 1 saturated heterocycles. The summed E-state index contributed by atoms with van der Waals surface area (Å²) in [6.45, 7) is 4.81. The minimum absolute atomic E-state index is 0.164. The molecule has 0 aromatic heterocycles. The van der Waals surface area contributed by atoms with E-state index in [1.54, 1.807) is 25.1 Å². The lowest BCUT2D eigenvalue weighted by atomic mass is 10.1. The fourth-order valence-corrected chi connectivity index (χ4v) is 4.22. The minimum Gasteiger partial charge on any atom is -0.389 e. The Balaban J connectivity index is 2.41.